The lowest BCUT2D eigenvalue weighted by Crippen LogP contribution is -2.43. The van der Waals surface area contributed by atoms with Crippen molar-refractivity contribution in [3.8, 4) is 17.4 Å². The highest BCUT2D eigenvalue weighted by molar-refractivity contribution is 5.47. The van der Waals surface area contributed by atoms with Crippen LogP contribution in [0.25, 0.3) is 0 Å². The van der Waals surface area contributed by atoms with Crippen LogP contribution in [0.5, 0.6) is 17.4 Å². The maximum Gasteiger partial charge on any atom is 0.352 e. The third kappa shape index (κ3) is 3.72. The quantitative estimate of drug-likeness (QED) is 0.610. The van der Waals surface area contributed by atoms with Crippen LogP contribution in [-0.4, -0.2) is 45.1 Å². The molecule has 0 N–H and O–H groups in total. The molecule has 0 radical (unpaired) electrons. The molecule has 162 valence electrons. The first-order valence-electron chi connectivity index (χ1n) is 9.71. The van der Waals surface area contributed by atoms with E-state index in [1.165, 1.54) is 17.1 Å². The van der Waals surface area contributed by atoms with Gasteiger partial charge in [-0.2, -0.15) is 10.1 Å². The molecule has 0 amide bonds. The third-order valence-corrected chi connectivity index (χ3v) is 5.23. The Morgan fingerprint density at radius 3 is 2.81 bits per heavy atom. The van der Waals surface area contributed by atoms with E-state index in [0.29, 0.717) is 32.1 Å². The zero-order valence-electron chi connectivity index (χ0n) is 16.6. The number of hydrogen-bond acceptors (Lipinski definition) is 7. The Morgan fingerprint density at radius 2 is 2.06 bits per heavy atom. The van der Waals surface area contributed by atoms with E-state index in [1.54, 1.807) is 17.7 Å². The summed E-state index contributed by atoms with van der Waals surface area (Å²) >= 11 is 0. The number of hydrogen-bond donors (Lipinski definition) is 0. The van der Waals surface area contributed by atoms with Crippen LogP contribution >= 0.6 is 0 Å². The number of morpholine rings is 1. The average molecular weight is 431 g/mol. The minimum absolute atomic E-state index is 0.0917. The number of ether oxygens (including phenoxy) is 3. The van der Waals surface area contributed by atoms with Gasteiger partial charge in [0.2, 0.25) is 5.88 Å². The van der Waals surface area contributed by atoms with Crippen LogP contribution in [0, 0.1) is 11.6 Å². The van der Waals surface area contributed by atoms with Crippen LogP contribution in [0.15, 0.2) is 35.4 Å². The van der Waals surface area contributed by atoms with Gasteiger partial charge in [0.25, 0.3) is 0 Å². The number of aryl methyl sites for hydroxylation is 1. The SMILES string of the molecule is Cn1cc(Oc2c(F)cc(COc3cc4n(c(=O)n3)C[C@H]3COCCN43)cc2F)cn1. The lowest BCUT2D eigenvalue weighted by molar-refractivity contribution is 0.0956. The molecule has 0 spiro atoms. The molecular formula is C20H19F2N5O4. The second-order valence-corrected chi connectivity index (χ2v) is 7.40. The molecule has 0 bridgehead atoms. The van der Waals surface area contributed by atoms with E-state index < -0.39 is 23.1 Å². The van der Waals surface area contributed by atoms with E-state index in [9.17, 15) is 13.6 Å². The van der Waals surface area contributed by atoms with Crippen LogP contribution < -0.4 is 20.1 Å². The molecule has 4 heterocycles. The van der Waals surface area contributed by atoms with Gasteiger partial charge in [-0.05, 0) is 17.7 Å². The van der Waals surface area contributed by atoms with Crippen molar-refractivity contribution in [1.82, 2.24) is 19.3 Å². The highest BCUT2D eigenvalue weighted by Gasteiger charge is 2.33. The second-order valence-electron chi connectivity index (χ2n) is 7.40. The van der Waals surface area contributed by atoms with Crippen molar-refractivity contribution in [2.24, 2.45) is 7.05 Å². The monoisotopic (exact) mass is 431 g/mol. The standard InChI is InChI=1S/C20H19F2N5O4/c1-25-9-14(7-23-25)31-19-15(21)4-12(5-16(19)22)10-30-17-6-18-26-2-3-29-11-13(26)8-27(18)20(28)24-17/h4-7,9,13H,2-3,8,10-11H2,1H3/t13-/m0/s1. The van der Waals surface area contributed by atoms with E-state index in [0.717, 1.165) is 12.1 Å². The number of nitrogens with zero attached hydrogens (tertiary/aromatic N) is 5. The van der Waals surface area contributed by atoms with Crippen molar-refractivity contribution >= 4 is 5.82 Å². The molecule has 3 aromatic rings. The number of anilines is 1. The van der Waals surface area contributed by atoms with Crippen molar-refractivity contribution in [3.63, 3.8) is 0 Å². The van der Waals surface area contributed by atoms with Crippen molar-refractivity contribution in [2.75, 3.05) is 24.7 Å². The Labute approximate surface area is 175 Å². The predicted octanol–water partition coefficient (Wildman–Crippen LogP) is 1.85. The fourth-order valence-electron chi connectivity index (χ4n) is 3.80. The number of halogens is 2. The van der Waals surface area contributed by atoms with E-state index in [4.69, 9.17) is 14.2 Å². The van der Waals surface area contributed by atoms with Gasteiger partial charge in [-0.25, -0.2) is 13.6 Å². The maximum absolute atomic E-state index is 14.4. The lowest BCUT2D eigenvalue weighted by Gasteiger charge is -2.30. The highest BCUT2D eigenvalue weighted by atomic mass is 19.1. The van der Waals surface area contributed by atoms with E-state index >= 15 is 0 Å². The smallest absolute Gasteiger partial charge is 0.352 e. The summed E-state index contributed by atoms with van der Waals surface area (Å²) in [7, 11) is 1.66. The molecular weight excluding hydrogens is 412 g/mol. The van der Waals surface area contributed by atoms with Crippen molar-refractivity contribution < 1.29 is 23.0 Å². The summed E-state index contributed by atoms with van der Waals surface area (Å²) in [6.07, 6.45) is 2.85. The predicted molar refractivity (Wildman–Crippen MR) is 104 cm³/mol. The minimum Gasteiger partial charge on any atom is -0.473 e. The van der Waals surface area contributed by atoms with Crippen LogP contribution in [0.3, 0.4) is 0 Å². The molecule has 2 aliphatic rings. The summed E-state index contributed by atoms with van der Waals surface area (Å²) in [5, 5.41) is 3.89. The van der Waals surface area contributed by atoms with Crippen LogP contribution in [0.2, 0.25) is 0 Å². The zero-order valence-corrected chi connectivity index (χ0v) is 16.6. The third-order valence-electron chi connectivity index (χ3n) is 5.23. The maximum atomic E-state index is 14.4. The van der Waals surface area contributed by atoms with Gasteiger partial charge in [0, 0.05) is 19.7 Å². The molecule has 1 aromatic carbocycles. The van der Waals surface area contributed by atoms with Gasteiger partial charge in [-0.3, -0.25) is 9.25 Å². The first-order valence-corrected chi connectivity index (χ1v) is 9.71. The Balaban J connectivity index is 1.32. The van der Waals surface area contributed by atoms with Crippen molar-refractivity contribution in [1.29, 1.82) is 0 Å². The lowest BCUT2D eigenvalue weighted by atomic mass is 10.2. The molecule has 2 aliphatic heterocycles. The van der Waals surface area contributed by atoms with Gasteiger partial charge >= 0.3 is 5.69 Å². The molecule has 0 saturated carbocycles. The average Bonchev–Trinajstić information content (AvgIpc) is 3.33. The minimum atomic E-state index is -0.874. The number of aromatic nitrogens is 4. The Morgan fingerprint density at radius 1 is 1.26 bits per heavy atom. The van der Waals surface area contributed by atoms with Crippen molar-refractivity contribution in [2.45, 2.75) is 19.2 Å². The molecule has 31 heavy (non-hydrogen) atoms. The molecule has 0 aliphatic carbocycles. The van der Waals surface area contributed by atoms with E-state index in [-0.39, 0.29) is 29.8 Å². The van der Waals surface area contributed by atoms with Crippen LogP contribution in [0.4, 0.5) is 14.6 Å². The summed E-state index contributed by atoms with van der Waals surface area (Å²) in [5.41, 5.74) is -0.195. The van der Waals surface area contributed by atoms with Crippen LogP contribution in [0.1, 0.15) is 5.56 Å². The Kier molecular flexibility index (Phi) is 4.81. The molecule has 1 saturated heterocycles. The van der Waals surface area contributed by atoms with Gasteiger partial charge < -0.3 is 19.1 Å². The summed E-state index contributed by atoms with van der Waals surface area (Å²) < 4.78 is 48.2. The summed E-state index contributed by atoms with van der Waals surface area (Å²) in [5.74, 6) is -1.25. The van der Waals surface area contributed by atoms with Gasteiger partial charge in [0.1, 0.15) is 12.4 Å². The Hall–Kier alpha value is -3.47. The van der Waals surface area contributed by atoms with Gasteiger partial charge in [0.05, 0.1) is 38.2 Å². The van der Waals surface area contributed by atoms with Gasteiger partial charge in [-0.15, -0.1) is 0 Å². The molecule has 0 unspecified atom stereocenters. The molecule has 9 nitrogen and oxygen atoms in total. The summed E-state index contributed by atoms with van der Waals surface area (Å²) in [6, 6.07) is 3.99. The van der Waals surface area contributed by atoms with Crippen LogP contribution in [-0.2, 0) is 24.9 Å². The number of benzene rings is 1. The normalized spacial score (nSPS) is 17.4. The first kappa shape index (κ1) is 19.5. The fourth-order valence-corrected chi connectivity index (χ4v) is 3.80. The zero-order chi connectivity index (χ0) is 21.5. The number of rotatable bonds is 5. The molecule has 11 heteroatoms. The summed E-state index contributed by atoms with van der Waals surface area (Å²) in [4.78, 5) is 18.4. The fraction of sp³-hybridized carbons (Fsp3) is 0.350. The van der Waals surface area contributed by atoms with E-state index in [1.807, 2.05) is 0 Å². The van der Waals surface area contributed by atoms with Crippen molar-refractivity contribution in [3.05, 3.63) is 58.3 Å². The van der Waals surface area contributed by atoms with Gasteiger partial charge in [-0.1, -0.05) is 0 Å². The highest BCUT2D eigenvalue weighted by Crippen LogP contribution is 2.30. The molecule has 5 rings (SSSR count). The largest absolute Gasteiger partial charge is 0.473 e. The molecule has 1 fully saturated rings. The first-order chi connectivity index (χ1) is 15.0. The van der Waals surface area contributed by atoms with E-state index in [2.05, 4.69) is 15.0 Å². The summed E-state index contributed by atoms with van der Waals surface area (Å²) in [6.45, 7) is 2.14. The Bertz CT molecular complexity index is 1170. The second kappa shape index (κ2) is 7.65. The number of fused-ring (bicyclic) bond motifs is 3. The molecule has 1 atom stereocenters. The van der Waals surface area contributed by atoms with Gasteiger partial charge in [0.15, 0.2) is 23.1 Å². The molecule has 2 aromatic heterocycles. The topological polar surface area (TPSA) is 83.6 Å².